The number of nitrogens with zero attached hydrogens (tertiary/aromatic N) is 1. The summed E-state index contributed by atoms with van der Waals surface area (Å²) in [5, 5.41) is 3.26. The highest BCUT2D eigenvalue weighted by atomic mass is 14.9. The second kappa shape index (κ2) is 2.51. The van der Waals surface area contributed by atoms with Crippen LogP contribution in [0.3, 0.4) is 0 Å². The fourth-order valence-corrected chi connectivity index (χ4v) is 1.39. The Labute approximate surface area is 65.6 Å². The first kappa shape index (κ1) is 6.61. The van der Waals surface area contributed by atoms with Crippen molar-refractivity contribution in [3.05, 3.63) is 23.5 Å². The molecule has 0 unspecified atom stereocenters. The molecule has 0 saturated heterocycles. The highest BCUT2D eigenvalue weighted by Gasteiger charge is 2.10. The fourth-order valence-electron chi connectivity index (χ4n) is 1.39. The van der Waals surface area contributed by atoms with Crippen LogP contribution in [0, 0.1) is 0 Å². The Balaban J connectivity index is 2.49. The van der Waals surface area contributed by atoms with Crippen molar-refractivity contribution in [3.63, 3.8) is 0 Å². The van der Waals surface area contributed by atoms with Gasteiger partial charge in [-0.3, -0.25) is 4.98 Å². The maximum absolute atomic E-state index is 5.76. The van der Waals surface area contributed by atoms with Crippen LogP contribution < -0.4 is 11.1 Å². The third-order valence-corrected chi connectivity index (χ3v) is 2.02. The summed E-state index contributed by atoms with van der Waals surface area (Å²) in [4.78, 5) is 4.26. The van der Waals surface area contributed by atoms with Gasteiger partial charge in [0.25, 0.3) is 0 Å². The van der Waals surface area contributed by atoms with Crippen LogP contribution in [0.4, 0.5) is 5.69 Å². The van der Waals surface area contributed by atoms with E-state index in [2.05, 4.69) is 10.3 Å². The summed E-state index contributed by atoms with van der Waals surface area (Å²) in [5.74, 6) is 0. The second-order valence-electron chi connectivity index (χ2n) is 2.75. The van der Waals surface area contributed by atoms with Gasteiger partial charge >= 0.3 is 0 Å². The molecule has 3 N–H and O–H groups in total. The average molecular weight is 149 g/mol. The van der Waals surface area contributed by atoms with Gasteiger partial charge in [0.2, 0.25) is 0 Å². The Hall–Kier alpha value is -1.09. The van der Waals surface area contributed by atoms with E-state index in [-0.39, 0.29) is 0 Å². The summed E-state index contributed by atoms with van der Waals surface area (Å²) in [6.07, 6.45) is 2.78. The molecule has 0 radical (unpaired) electrons. The molecular formula is C8H11N3. The number of nitrogens with one attached hydrogen (secondary N) is 1. The van der Waals surface area contributed by atoms with Crippen molar-refractivity contribution >= 4 is 5.69 Å². The minimum atomic E-state index is 0.863. The van der Waals surface area contributed by atoms with Gasteiger partial charge in [-0.05, 0) is 6.07 Å². The van der Waals surface area contributed by atoms with Crippen LogP contribution >= 0.6 is 0 Å². The predicted octanol–water partition coefficient (Wildman–Crippen LogP) is 0.309. The molecule has 3 heteroatoms. The standard InChI is InChI=1S/C8H11N3/c9-7-1-4-11-8-2-3-10-5-6(7)8/h1,4,10H,2-3,5H2,(H2,9,11). The molecular weight excluding hydrogens is 138 g/mol. The molecule has 0 fully saturated rings. The minimum Gasteiger partial charge on any atom is -0.398 e. The van der Waals surface area contributed by atoms with E-state index in [0.29, 0.717) is 0 Å². The van der Waals surface area contributed by atoms with Gasteiger partial charge in [-0.1, -0.05) is 0 Å². The molecule has 0 saturated carbocycles. The quantitative estimate of drug-likeness (QED) is 0.558. The van der Waals surface area contributed by atoms with Gasteiger partial charge in [-0.15, -0.1) is 0 Å². The number of nitrogen functional groups attached to an aromatic ring is 1. The lowest BCUT2D eigenvalue weighted by Gasteiger charge is -2.16. The maximum Gasteiger partial charge on any atom is 0.0481 e. The molecule has 0 bridgehead atoms. The number of hydrogen-bond acceptors (Lipinski definition) is 3. The molecule has 0 aliphatic carbocycles. The number of anilines is 1. The lowest BCUT2D eigenvalue weighted by molar-refractivity contribution is 0.632. The van der Waals surface area contributed by atoms with E-state index in [9.17, 15) is 0 Å². The van der Waals surface area contributed by atoms with E-state index in [1.54, 1.807) is 6.20 Å². The Morgan fingerprint density at radius 2 is 2.45 bits per heavy atom. The molecule has 3 nitrogen and oxygen atoms in total. The normalized spacial score (nSPS) is 16.0. The molecule has 1 aromatic rings. The second-order valence-corrected chi connectivity index (χ2v) is 2.75. The first-order valence-corrected chi connectivity index (χ1v) is 3.81. The molecule has 2 heterocycles. The highest BCUT2D eigenvalue weighted by Crippen LogP contribution is 2.16. The van der Waals surface area contributed by atoms with Crippen molar-refractivity contribution in [3.8, 4) is 0 Å². The summed E-state index contributed by atoms with van der Waals surface area (Å²) in [7, 11) is 0. The summed E-state index contributed by atoms with van der Waals surface area (Å²) in [5.41, 5.74) is 8.96. The van der Waals surface area contributed by atoms with Crippen LogP contribution in [0.5, 0.6) is 0 Å². The van der Waals surface area contributed by atoms with Crippen LogP contribution in [0.25, 0.3) is 0 Å². The number of hydrogen-bond donors (Lipinski definition) is 2. The topological polar surface area (TPSA) is 50.9 Å². The highest BCUT2D eigenvalue weighted by molar-refractivity contribution is 5.48. The lowest BCUT2D eigenvalue weighted by atomic mass is 10.1. The zero-order valence-corrected chi connectivity index (χ0v) is 6.30. The van der Waals surface area contributed by atoms with Crippen molar-refractivity contribution < 1.29 is 0 Å². The Morgan fingerprint density at radius 3 is 3.27 bits per heavy atom. The van der Waals surface area contributed by atoms with Crippen LogP contribution in [0.15, 0.2) is 12.3 Å². The van der Waals surface area contributed by atoms with Crippen molar-refractivity contribution in [2.24, 2.45) is 0 Å². The van der Waals surface area contributed by atoms with Crippen LogP contribution in [0.1, 0.15) is 11.3 Å². The Kier molecular flexibility index (Phi) is 1.51. The number of rotatable bonds is 0. The van der Waals surface area contributed by atoms with E-state index in [1.165, 1.54) is 5.56 Å². The van der Waals surface area contributed by atoms with Crippen molar-refractivity contribution in [2.75, 3.05) is 12.3 Å². The number of aromatic nitrogens is 1. The molecule has 0 amide bonds. The average Bonchev–Trinajstić information content (AvgIpc) is 2.06. The van der Waals surface area contributed by atoms with Crippen molar-refractivity contribution in [1.29, 1.82) is 0 Å². The van der Waals surface area contributed by atoms with Gasteiger partial charge in [0.15, 0.2) is 0 Å². The van der Waals surface area contributed by atoms with Crippen LogP contribution in [0.2, 0.25) is 0 Å². The van der Waals surface area contributed by atoms with E-state index in [4.69, 9.17) is 5.73 Å². The Morgan fingerprint density at radius 1 is 1.55 bits per heavy atom. The van der Waals surface area contributed by atoms with Gasteiger partial charge < -0.3 is 11.1 Å². The fraction of sp³-hybridized carbons (Fsp3) is 0.375. The molecule has 2 rings (SSSR count). The Bertz CT molecular complexity index is 270. The van der Waals surface area contributed by atoms with E-state index < -0.39 is 0 Å². The zero-order valence-electron chi connectivity index (χ0n) is 6.30. The van der Waals surface area contributed by atoms with Gasteiger partial charge in [-0.2, -0.15) is 0 Å². The monoisotopic (exact) mass is 149 g/mol. The summed E-state index contributed by atoms with van der Waals surface area (Å²) in [6.45, 7) is 1.89. The summed E-state index contributed by atoms with van der Waals surface area (Å²) < 4.78 is 0. The largest absolute Gasteiger partial charge is 0.398 e. The van der Waals surface area contributed by atoms with Crippen molar-refractivity contribution in [1.82, 2.24) is 10.3 Å². The van der Waals surface area contributed by atoms with E-state index in [0.717, 1.165) is 30.9 Å². The minimum absolute atomic E-state index is 0.863. The summed E-state index contributed by atoms with van der Waals surface area (Å²) >= 11 is 0. The SMILES string of the molecule is Nc1ccnc2c1CNCC2. The number of pyridine rings is 1. The zero-order chi connectivity index (χ0) is 7.68. The predicted molar refractivity (Wildman–Crippen MR) is 44.1 cm³/mol. The van der Waals surface area contributed by atoms with E-state index in [1.807, 2.05) is 6.07 Å². The molecule has 0 aromatic carbocycles. The van der Waals surface area contributed by atoms with Gasteiger partial charge in [-0.25, -0.2) is 0 Å². The third-order valence-electron chi connectivity index (χ3n) is 2.02. The van der Waals surface area contributed by atoms with Gasteiger partial charge in [0, 0.05) is 42.7 Å². The van der Waals surface area contributed by atoms with Crippen LogP contribution in [-0.4, -0.2) is 11.5 Å². The first-order chi connectivity index (χ1) is 5.38. The molecule has 0 atom stereocenters. The molecule has 58 valence electrons. The van der Waals surface area contributed by atoms with Crippen LogP contribution in [-0.2, 0) is 13.0 Å². The molecule has 1 aromatic heterocycles. The third kappa shape index (κ3) is 1.07. The van der Waals surface area contributed by atoms with Gasteiger partial charge in [0.1, 0.15) is 0 Å². The molecule has 0 spiro atoms. The lowest BCUT2D eigenvalue weighted by Crippen LogP contribution is -2.25. The smallest absolute Gasteiger partial charge is 0.0481 e. The molecule has 11 heavy (non-hydrogen) atoms. The summed E-state index contributed by atoms with van der Waals surface area (Å²) in [6, 6.07) is 1.85. The first-order valence-electron chi connectivity index (χ1n) is 3.81. The van der Waals surface area contributed by atoms with Crippen molar-refractivity contribution in [2.45, 2.75) is 13.0 Å². The van der Waals surface area contributed by atoms with Gasteiger partial charge in [0.05, 0.1) is 0 Å². The number of fused-ring (bicyclic) bond motifs is 1. The molecule has 1 aliphatic rings. The van der Waals surface area contributed by atoms with E-state index >= 15 is 0 Å². The molecule has 1 aliphatic heterocycles. The maximum atomic E-state index is 5.76. The number of nitrogens with two attached hydrogens (primary N) is 1.